The number of carbonyl (C=O) groups is 1. The lowest BCUT2D eigenvalue weighted by Crippen LogP contribution is -2.41. The summed E-state index contributed by atoms with van der Waals surface area (Å²) in [6, 6.07) is 5.06. The van der Waals surface area contributed by atoms with E-state index < -0.39 is 0 Å². The van der Waals surface area contributed by atoms with Crippen LogP contribution in [0.3, 0.4) is 0 Å². The van der Waals surface area contributed by atoms with Crippen molar-refractivity contribution in [2.45, 2.75) is 12.8 Å². The van der Waals surface area contributed by atoms with Gasteiger partial charge in [-0.25, -0.2) is 0 Å². The quantitative estimate of drug-likeness (QED) is 0.909. The Balaban J connectivity index is 2.18. The van der Waals surface area contributed by atoms with Crippen LogP contribution in [0, 0.1) is 5.92 Å². The third-order valence-electron chi connectivity index (χ3n) is 3.25. The van der Waals surface area contributed by atoms with Crippen LogP contribution in [0.4, 0.5) is 0 Å². The van der Waals surface area contributed by atoms with Crippen LogP contribution in [0.5, 0.6) is 0 Å². The molecule has 0 spiro atoms. The van der Waals surface area contributed by atoms with Gasteiger partial charge in [-0.3, -0.25) is 4.79 Å². The maximum absolute atomic E-state index is 12.3. The highest BCUT2D eigenvalue weighted by molar-refractivity contribution is 6.43. The van der Waals surface area contributed by atoms with Crippen molar-refractivity contribution in [2.75, 3.05) is 19.7 Å². The zero-order chi connectivity index (χ0) is 13.1. The largest absolute Gasteiger partial charge is 0.396 e. The molecular weight excluding hydrogens is 273 g/mol. The van der Waals surface area contributed by atoms with Gasteiger partial charge in [0.15, 0.2) is 0 Å². The highest BCUT2D eigenvalue weighted by Crippen LogP contribution is 2.27. The van der Waals surface area contributed by atoms with E-state index in [1.54, 1.807) is 23.1 Å². The van der Waals surface area contributed by atoms with Gasteiger partial charge in [-0.2, -0.15) is 0 Å². The summed E-state index contributed by atoms with van der Waals surface area (Å²) in [5.41, 5.74) is 0.433. The molecule has 0 saturated carbocycles. The highest BCUT2D eigenvalue weighted by Gasteiger charge is 2.25. The Hall–Kier alpha value is -0.770. The molecule has 1 aliphatic heterocycles. The van der Waals surface area contributed by atoms with E-state index in [1.165, 1.54) is 0 Å². The molecule has 2 rings (SSSR count). The van der Waals surface area contributed by atoms with E-state index in [9.17, 15) is 9.90 Å². The number of hydrogen-bond acceptors (Lipinski definition) is 2. The molecule has 5 heteroatoms. The number of halogens is 2. The van der Waals surface area contributed by atoms with Crippen LogP contribution in [-0.4, -0.2) is 35.6 Å². The van der Waals surface area contributed by atoms with E-state index >= 15 is 0 Å². The topological polar surface area (TPSA) is 40.5 Å². The Morgan fingerprint density at radius 1 is 1.44 bits per heavy atom. The minimum absolute atomic E-state index is 0.111. The number of aliphatic hydroxyl groups is 1. The Morgan fingerprint density at radius 3 is 2.94 bits per heavy atom. The fraction of sp³-hybridized carbons (Fsp3) is 0.462. The molecule has 1 heterocycles. The number of rotatable bonds is 2. The van der Waals surface area contributed by atoms with Crippen molar-refractivity contribution in [3.63, 3.8) is 0 Å². The number of benzene rings is 1. The average Bonchev–Trinajstić information content (AvgIpc) is 2.41. The fourth-order valence-electron chi connectivity index (χ4n) is 2.24. The van der Waals surface area contributed by atoms with Gasteiger partial charge in [0.1, 0.15) is 0 Å². The molecule has 1 aromatic carbocycles. The van der Waals surface area contributed by atoms with E-state index in [1.807, 2.05) is 0 Å². The summed E-state index contributed by atoms with van der Waals surface area (Å²) in [6.45, 7) is 1.41. The highest BCUT2D eigenvalue weighted by atomic mass is 35.5. The molecule has 0 radical (unpaired) electrons. The van der Waals surface area contributed by atoms with Crippen LogP contribution in [-0.2, 0) is 0 Å². The van der Waals surface area contributed by atoms with Crippen LogP contribution in [0.1, 0.15) is 23.2 Å². The van der Waals surface area contributed by atoms with Crippen molar-refractivity contribution < 1.29 is 9.90 Å². The predicted octanol–water partition coefficient (Wildman–Crippen LogP) is 2.84. The first-order chi connectivity index (χ1) is 8.63. The van der Waals surface area contributed by atoms with Crippen LogP contribution >= 0.6 is 23.2 Å². The zero-order valence-corrected chi connectivity index (χ0v) is 11.4. The molecule has 1 unspecified atom stereocenters. The monoisotopic (exact) mass is 287 g/mol. The van der Waals surface area contributed by atoms with E-state index in [2.05, 4.69) is 0 Å². The van der Waals surface area contributed by atoms with Gasteiger partial charge in [0.05, 0.1) is 15.6 Å². The smallest absolute Gasteiger partial charge is 0.255 e. The first-order valence-electron chi connectivity index (χ1n) is 5.97. The number of amides is 1. The number of carbonyl (C=O) groups excluding carboxylic acids is 1. The van der Waals surface area contributed by atoms with Crippen LogP contribution in [0.25, 0.3) is 0 Å². The minimum atomic E-state index is -0.111. The number of piperidine rings is 1. The molecule has 18 heavy (non-hydrogen) atoms. The second-order valence-electron chi connectivity index (χ2n) is 4.54. The van der Waals surface area contributed by atoms with E-state index in [0.717, 1.165) is 12.8 Å². The number of aliphatic hydroxyl groups excluding tert-OH is 1. The predicted molar refractivity (Wildman–Crippen MR) is 72.2 cm³/mol. The Bertz CT molecular complexity index is 451. The lowest BCUT2D eigenvalue weighted by molar-refractivity contribution is 0.0621. The first kappa shape index (κ1) is 13.7. The Kier molecular flexibility index (Phi) is 4.49. The SMILES string of the molecule is O=C(c1cccc(Cl)c1Cl)N1CCCC(CO)C1. The van der Waals surface area contributed by atoms with Crippen LogP contribution in [0.15, 0.2) is 18.2 Å². The molecule has 1 amide bonds. The summed E-state index contributed by atoms with van der Waals surface area (Å²) in [5.74, 6) is 0.0568. The number of nitrogens with zero attached hydrogens (tertiary/aromatic N) is 1. The Morgan fingerprint density at radius 2 is 2.22 bits per heavy atom. The van der Waals surface area contributed by atoms with Crippen molar-refractivity contribution >= 4 is 29.1 Å². The third-order valence-corrected chi connectivity index (χ3v) is 4.07. The van der Waals surface area contributed by atoms with Gasteiger partial charge in [0.2, 0.25) is 0 Å². The maximum Gasteiger partial charge on any atom is 0.255 e. The number of hydrogen-bond donors (Lipinski definition) is 1. The van der Waals surface area contributed by atoms with Crippen LogP contribution in [0.2, 0.25) is 10.0 Å². The second-order valence-corrected chi connectivity index (χ2v) is 5.33. The fourth-order valence-corrected chi connectivity index (χ4v) is 2.62. The molecule has 98 valence electrons. The normalized spacial score (nSPS) is 19.9. The Labute approximate surface area is 116 Å². The zero-order valence-electron chi connectivity index (χ0n) is 9.90. The van der Waals surface area contributed by atoms with Gasteiger partial charge in [-0.05, 0) is 30.9 Å². The van der Waals surface area contributed by atoms with Gasteiger partial charge in [0, 0.05) is 19.7 Å². The summed E-state index contributed by atoms with van der Waals surface area (Å²) in [6.07, 6.45) is 1.87. The van der Waals surface area contributed by atoms with Crippen LogP contribution < -0.4 is 0 Å². The molecule has 1 aromatic rings. The molecule has 0 aromatic heterocycles. The lowest BCUT2D eigenvalue weighted by Gasteiger charge is -2.32. The summed E-state index contributed by atoms with van der Waals surface area (Å²) in [4.78, 5) is 14.1. The molecule has 1 saturated heterocycles. The lowest BCUT2D eigenvalue weighted by atomic mass is 9.98. The van der Waals surface area contributed by atoms with Gasteiger partial charge < -0.3 is 10.0 Å². The summed E-state index contributed by atoms with van der Waals surface area (Å²) in [5, 5.41) is 9.86. The molecule has 1 N–H and O–H groups in total. The minimum Gasteiger partial charge on any atom is -0.396 e. The van der Waals surface area contributed by atoms with Crippen molar-refractivity contribution in [3.8, 4) is 0 Å². The van der Waals surface area contributed by atoms with Gasteiger partial charge in [-0.1, -0.05) is 29.3 Å². The van der Waals surface area contributed by atoms with E-state index in [0.29, 0.717) is 28.7 Å². The van der Waals surface area contributed by atoms with Gasteiger partial charge in [-0.15, -0.1) is 0 Å². The molecular formula is C13H15Cl2NO2. The standard InChI is InChI=1S/C13H15Cl2NO2/c14-11-5-1-4-10(12(11)15)13(18)16-6-2-3-9(7-16)8-17/h1,4-5,9,17H,2-3,6-8H2. The molecule has 1 fully saturated rings. The summed E-state index contributed by atoms with van der Waals surface area (Å²) in [7, 11) is 0. The molecule has 1 atom stereocenters. The molecule has 1 aliphatic rings. The summed E-state index contributed by atoms with van der Waals surface area (Å²) < 4.78 is 0. The molecule has 3 nitrogen and oxygen atoms in total. The summed E-state index contributed by atoms with van der Waals surface area (Å²) >= 11 is 12.0. The van der Waals surface area contributed by atoms with E-state index in [-0.39, 0.29) is 18.4 Å². The van der Waals surface area contributed by atoms with Gasteiger partial charge >= 0.3 is 0 Å². The molecule has 0 aliphatic carbocycles. The van der Waals surface area contributed by atoms with Crippen molar-refractivity contribution in [3.05, 3.63) is 33.8 Å². The third kappa shape index (κ3) is 2.79. The average molecular weight is 288 g/mol. The van der Waals surface area contributed by atoms with E-state index in [4.69, 9.17) is 23.2 Å². The van der Waals surface area contributed by atoms with Crippen molar-refractivity contribution in [2.24, 2.45) is 5.92 Å². The van der Waals surface area contributed by atoms with Crippen molar-refractivity contribution in [1.82, 2.24) is 4.90 Å². The first-order valence-corrected chi connectivity index (χ1v) is 6.73. The second kappa shape index (κ2) is 5.91. The maximum atomic E-state index is 12.3. The molecule has 0 bridgehead atoms. The van der Waals surface area contributed by atoms with Gasteiger partial charge in [0.25, 0.3) is 5.91 Å². The van der Waals surface area contributed by atoms with Crippen molar-refractivity contribution in [1.29, 1.82) is 0 Å². The number of likely N-dealkylation sites (tertiary alicyclic amines) is 1.